The summed E-state index contributed by atoms with van der Waals surface area (Å²) in [6, 6.07) is 0.240. The summed E-state index contributed by atoms with van der Waals surface area (Å²) >= 11 is 0. The molecule has 2 heterocycles. The summed E-state index contributed by atoms with van der Waals surface area (Å²) in [6.45, 7) is 5.18. The summed E-state index contributed by atoms with van der Waals surface area (Å²) in [5, 5.41) is 6.61. The first kappa shape index (κ1) is 12.0. The van der Waals surface area contributed by atoms with E-state index in [-0.39, 0.29) is 17.8 Å². The summed E-state index contributed by atoms with van der Waals surface area (Å²) in [5.74, 6) is 1.22. The number of rotatable bonds is 2. The van der Waals surface area contributed by atoms with Crippen molar-refractivity contribution in [1.29, 1.82) is 0 Å². The second kappa shape index (κ2) is 4.83. The molecule has 6 nitrogen and oxygen atoms in total. The topological polar surface area (TPSA) is 87.9 Å². The maximum absolute atomic E-state index is 12.2. The van der Waals surface area contributed by atoms with Crippen molar-refractivity contribution in [1.82, 2.24) is 20.1 Å². The minimum atomic E-state index is -0.0972. The van der Waals surface area contributed by atoms with Crippen molar-refractivity contribution in [3.05, 3.63) is 11.6 Å². The number of nitrogens with one attached hydrogen (secondary N) is 1. The Morgan fingerprint density at radius 1 is 1.59 bits per heavy atom. The molecule has 1 aromatic rings. The van der Waals surface area contributed by atoms with Gasteiger partial charge in [0.2, 0.25) is 5.82 Å². The molecule has 0 aromatic carbocycles. The first-order valence-electron chi connectivity index (χ1n) is 6.02. The number of aromatic nitrogens is 3. The second-order valence-electron chi connectivity index (χ2n) is 4.73. The predicted molar refractivity (Wildman–Crippen MR) is 63.4 cm³/mol. The number of hydrogen-bond acceptors (Lipinski definition) is 4. The average molecular weight is 237 g/mol. The smallest absolute Gasteiger partial charge is 0.293 e. The van der Waals surface area contributed by atoms with Crippen molar-refractivity contribution >= 4 is 5.91 Å². The molecule has 94 valence electrons. The number of carbonyl (C=O) groups is 1. The van der Waals surface area contributed by atoms with Crippen LogP contribution in [0.25, 0.3) is 0 Å². The number of nitrogens with two attached hydrogens (primary N) is 1. The summed E-state index contributed by atoms with van der Waals surface area (Å²) in [4.78, 5) is 18.1. The van der Waals surface area contributed by atoms with Gasteiger partial charge in [0, 0.05) is 12.6 Å². The average Bonchev–Trinajstić information content (AvgIpc) is 2.76. The van der Waals surface area contributed by atoms with E-state index >= 15 is 0 Å². The van der Waals surface area contributed by atoms with Gasteiger partial charge in [0.25, 0.3) is 5.91 Å². The van der Waals surface area contributed by atoms with Crippen molar-refractivity contribution in [2.45, 2.75) is 32.7 Å². The third-order valence-corrected chi connectivity index (χ3v) is 3.36. The molecule has 1 amide bonds. The zero-order chi connectivity index (χ0) is 12.4. The van der Waals surface area contributed by atoms with Crippen molar-refractivity contribution in [2.24, 2.45) is 11.7 Å². The summed E-state index contributed by atoms with van der Waals surface area (Å²) in [7, 11) is 0. The number of carbonyl (C=O) groups excluding carboxylic acids is 1. The standard InChI is InChI=1S/C11H19N5O/c1-7-3-4-9(5-12)6-16(7)11(17)10-13-8(2)14-15-10/h7,9H,3-6,12H2,1-2H3,(H,13,14,15). The molecule has 1 saturated heterocycles. The van der Waals surface area contributed by atoms with E-state index in [2.05, 4.69) is 22.1 Å². The lowest BCUT2D eigenvalue weighted by Gasteiger charge is -2.36. The number of H-pyrrole nitrogens is 1. The Hall–Kier alpha value is -1.43. The van der Waals surface area contributed by atoms with Crippen LogP contribution in [0.4, 0.5) is 0 Å². The highest BCUT2D eigenvalue weighted by atomic mass is 16.2. The van der Waals surface area contributed by atoms with E-state index < -0.39 is 0 Å². The van der Waals surface area contributed by atoms with Crippen LogP contribution in [0, 0.1) is 12.8 Å². The molecule has 0 bridgehead atoms. The lowest BCUT2D eigenvalue weighted by molar-refractivity contribution is 0.0554. The number of piperidine rings is 1. The van der Waals surface area contributed by atoms with E-state index in [1.807, 2.05) is 4.90 Å². The Balaban J connectivity index is 2.12. The van der Waals surface area contributed by atoms with E-state index in [0.717, 1.165) is 12.8 Å². The maximum Gasteiger partial charge on any atom is 0.293 e. The number of aromatic amines is 1. The Morgan fingerprint density at radius 3 is 2.94 bits per heavy atom. The molecule has 0 radical (unpaired) electrons. The van der Waals surface area contributed by atoms with Gasteiger partial charge < -0.3 is 10.6 Å². The third-order valence-electron chi connectivity index (χ3n) is 3.36. The number of likely N-dealkylation sites (tertiary alicyclic amines) is 1. The number of aryl methyl sites for hydroxylation is 1. The van der Waals surface area contributed by atoms with Crippen molar-refractivity contribution < 1.29 is 4.79 Å². The number of amides is 1. The van der Waals surface area contributed by atoms with E-state index in [9.17, 15) is 4.79 Å². The summed E-state index contributed by atoms with van der Waals surface area (Å²) in [6.07, 6.45) is 2.09. The minimum Gasteiger partial charge on any atom is -0.333 e. The molecule has 2 atom stereocenters. The van der Waals surface area contributed by atoms with Crippen LogP contribution in [0.5, 0.6) is 0 Å². The Labute approximate surface area is 101 Å². The van der Waals surface area contributed by atoms with Crippen LogP contribution in [0.2, 0.25) is 0 Å². The Kier molecular flexibility index (Phi) is 3.42. The van der Waals surface area contributed by atoms with Gasteiger partial charge in [0.05, 0.1) is 0 Å². The first-order chi connectivity index (χ1) is 8.11. The summed E-state index contributed by atoms with van der Waals surface area (Å²) < 4.78 is 0. The molecule has 0 aliphatic carbocycles. The molecule has 3 N–H and O–H groups in total. The predicted octanol–water partition coefficient (Wildman–Crippen LogP) is 0.313. The van der Waals surface area contributed by atoms with Crippen LogP contribution in [0.3, 0.4) is 0 Å². The fourth-order valence-corrected chi connectivity index (χ4v) is 2.22. The zero-order valence-corrected chi connectivity index (χ0v) is 10.3. The molecule has 0 saturated carbocycles. The van der Waals surface area contributed by atoms with Crippen LogP contribution in [-0.2, 0) is 0 Å². The molecule has 17 heavy (non-hydrogen) atoms. The molecule has 2 unspecified atom stereocenters. The van der Waals surface area contributed by atoms with Crippen molar-refractivity contribution in [2.75, 3.05) is 13.1 Å². The quantitative estimate of drug-likeness (QED) is 0.775. The van der Waals surface area contributed by atoms with Gasteiger partial charge in [-0.25, -0.2) is 4.98 Å². The monoisotopic (exact) mass is 237 g/mol. The third kappa shape index (κ3) is 2.46. The van der Waals surface area contributed by atoms with Gasteiger partial charge in [-0.05, 0) is 39.2 Å². The zero-order valence-electron chi connectivity index (χ0n) is 10.3. The molecular weight excluding hydrogens is 218 g/mol. The number of hydrogen-bond donors (Lipinski definition) is 2. The first-order valence-corrected chi connectivity index (χ1v) is 6.02. The Morgan fingerprint density at radius 2 is 2.35 bits per heavy atom. The van der Waals surface area contributed by atoms with Gasteiger partial charge >= 0.3 is 0 Å². The van der Waals surface area contributed by atoms with Crippen LogP contribution in [0.15, 0.2) is 0 Å². The maximum atomic E-state index is 12.2. The van der Waals surface area contributed by atoms with Crippen molar-refractivity contribution in [3.63, 3.8) is 0 Å². The molecule has 1 aliphatic rings. The fourth-order valence-electron chi connectivity index (χ4n) is 2.22. The SMILES string of the molecule is Cc1nc(C(=O)N2CC(CN)CCC2C)n[nH]1. The highest BCUT2D eigenvalue weighted by Gasteiger charge is 2.30. The molecule has 1 aromatic heterocycles. The highest BCUT2D eigenvalue weighted by molar-refractivity contribution is 5.90. The second-order valence-corrected chi connectivity index (χ2v) is 4.73. The molecule has 6 heteroatoms. The largest absolute Gasteiger partial charge is 0.333 e. The molecule has 1 aliphatic heterocycles. The lowest BCUT2D eigenvalue weighted by Crippen LogP contribution is -2.47. The van der Waals surface area contributed by atoms with Crippen LogP contribution >= 0.6 is 0 Å². The van der Waals surface area contributed by atoms with E-state index in [1.165, 1.54) is 0 Å². The van der Waals surface area contributed by atoms with Gasteiger partial charge in [0.1, 0.15) is 5.82 Å². The van der Waals surface area contributed by atoms with Gasteiger partial charge in [-0.3, -0.25) is 9.89 Å². The van der Waals surface area contributed by atoms with E-state index in [1.54, 1.807) is 6.92 Å². The van der Waals surface area contributed by atoms with Crippen LogP contribution in [-0.4, -0.2) is 45.1 Å². The van der Waals surface area contributed by atoms with Gasteiger partial charge in [0.15, 0.2) is 0 Å². The highest BCUT2D eigenvalue weighted by Crippen LogP contribution is 2.22. The van der Waals surface area contributed by atoms with E-state index in [0.29, 0.717) is 24.8 Å². The lowest BCUT2D eigenvalue weighted by atomic mass is 9.93. The minimum absolute atomic E-state index is 0.0972. The van der Waals surface area contributed by atoms with Crippen LogP contribution < -0.4 is 5.73 Å². The van der Waals surface area contributed by atoms with Gasteiger partial charge in [-0.1, -0.05) is 0 Å². The molecule has 1 fully saturated rings. The van der Waals surface area contributed by atoms with Gasteiger partial charge in [-0.15, -0.1) is 5.10 Å². The molecule has 2 rings (SSSR count). The van der Waals surface area contributed by atoms with Crippen molar-refractivity contribution in [3.8, 4) is 0 Å². The summed E-state index contributed by atoms with van der Waals surface area (Å²) in [5.41, 5.74) is 5.68. The van der Waals surface area contributed by atoms with E-state index in [4.69, 9.17) is 5.73 Å². The Bertz CT molecular complexity index is 402. The normalized spacial score (nSPS) is 25.0. The van der Waals surface area contributed by atoms with Crippen LogP contribution in [0.1, 0.15) is 36.2 Å². The molecular formula is C11H19N5O. The fraction of sp³-hybridized carbons (Fsp3) is 0.727. The van der Waals surface area contributed by atoms with Gasteiger partial charge in [-0.2, -0.15) is 0 Å². The number of nitrogens with zero attached hydrogens (tertiary/aromatic N) is 3. The molecule has 0 spiro atoms.